The molecule has 0 amide bonds. The summed E-state index contributed by atoms with van der Waals surface area (Å²) in [4.78, 5) is 21.7. The number of aromatic amines is 1. The van der Waals surface area contributed by atoms with Crippen LogP contribution in [0.5, 0.6) is 0 Å². The van der Waals surface area contributed by atoms with E-state index in [0.29, 0.717) is 18.3 Å². The summed E-state index contributed by atoms with van der Waals surface area (Å²) in [5, 5.41) is 6.15. The van der Waals surface area contributed by atoms with Gasteiger partial charge in [-0.05, 0) is 0 Å². The maximum Gasteiger partial charge on any atom is 0.252 e. The Morgan fingerprint density at radius 2 is 2.44 bits per heavy atom. The number of anilines is 1. The van der Waals surface area contributed by atoms with Crippen LogP contribution in [-0.4, -0.2) is 21.5 Å². The average Bonchev–Trinajstić information content (AvgIpc) is 2.79. The average molecular weight is 236 g/mol. The number of rotatable bonds is 4. The molecule has 16 heavy (non-hydrogen) atoms. The van der Waals surface area contributed by atoms with Crippen LogP contribution in [0.15, 0.2) is 28.8 Å². The highest BCUT2D eigenvalue weighted by Gasteiger charge is 2.07. The van der Waals surface area contributed by atoms with Crippen LogP contribution in [0.1, 0.15) is 17.8 Å². The minimum atomic E-state index is -0.153. The molecule has 0 spiro atoms. The second kappa shape index (κ2) is 4.89. The first-order valence-electron chi connectivity index (χ1n) is 4.93. The zero-order valence-electron chi connectivity index (χ0n) is 8.80. The largest absolute Gasteiger partial charge is 0.369 e. The van der Waals surface area contributed by atoms with Crippen molar-refractivity contribution in [2.75, 3.05) is 11.9 Å². The van der Waals surface area contributed by atoms with Crippen LogP contribution in [0.2, 0.25) is 0 Å². The first kappa shape index (κ1) is 10.8. The molecule has 0 aliphatic heterocycles. The van der Waals surface area contributed by atoms with E-state index in [2.05, 4.69) is 27.2 Å². The highest BCUT2D eigenvalue weighted by molar-refractivity contribution is 7.09. The van der Waals surface area contributed by atoms with Crippen molar-refractivity contribution in [2.24, 2.45) is 0 Å². The van der Waals surface area contributed by atoms with Crippen LogP contribution >= 0.6 is 11.3 Å². The van der Waals surface area contributed by atoms with Crippen molar-refractivity contribution < 1.29 is 0 Å². The van der Waals surface area contributed by atoms with Crippen LogP contribution in [0.25, 0.3) is 0 Å². The Morgan fingerprint density at radius 3 is 3.12 bits per heavy atom. The fourth-order valence-corrected chi connectivity index (χ4v) is 1.99. The van der Waals surface area contributed by atoms with Gasteiger partial charge in [0.25, 0.3) is 5.56 Å². The van der Waals surface area contributed by atoms with E-state index in [1.165, 1.54) is 12.4 Å². The number of thiazole rings is 1. The summed E-state index contributed by atoms with van der Waals surface area (Å²) in [6.07, 6.45) is 3.18. The molecule has 0 fully saturated rings. The molecule has 2 aromatic rings. The van der Waals surface area contributed by atoms with Gasteiger partial charge in [0, 0.05) is 30.1 Å². The first-order valence-corrected chi connectivity index (χ1v) is 5.81. The van der Waals surface area contributed by atoms with Crippen LogP contribution in [-0.2, 0) is 0 Å². The van der Waals surface area contributed by atoms with Gasteiger partial charge in [-0.3, -0.25) is 4.79 Å². The van der Waals surface area contributed by atoms with Gasteiger partial charge >= 0.3 is 0 Å². The zero-order valence-corrected chi connectivity index (χ0v) is 9.62. The smallest absolute Gasteiger partial charge is 0.252 e. The molecule has 0 saturated carbocycles. The lowest BCUT2D eigenvalue weighted by Gasteiger charge is -2.09. The van der Waals surface area contributed by atoms with Gasteiger partial charge in [0.15, 0.2) is 0 Å². The lowest BCUT2D eigenvalue weighted by molar-refractivity contribution is 0.791. The third-order valence-corrected chi connectivity index (χ3v) is 3.15. The summed E-state index contributed by atoms with van der Waals surface area (Å²) >= 11 is 1.63. The Hall–Kier alpha value is -1.69. The van der Waals surface area contributed by atoms with Crippen LogP contribution in [0.3, 0.4) is 0 Å². The topological polar surface area (TPSA) is 70.7 Å². The Labute approximate surface area is 96.6 Å². The van der Waals surface area contributed by atoms with Crippen LogP contribution < -0.4 is 10.9 Å². The predicted octanol–water partition coefficient (Wildman–Crippen LogP) is 1.44. The van der Waals surface area contributed by atoms with E-state index in [9.17, 15) is 4.79 Å². The normalized spacial score (nSPS) is 12.3. The zero-order chi connectivity index (χ0) is 11.4. The monoisotopic (exact) mass is 236 g/mol. The highest BCUT2D eigenvalue weighted by Crippen LogP contribution is 2.17. The van der Waals surface area contributed by atoms with Gasteiger partial charge in [-0.2, -0.15) is 0 Å². The number of nitrogens with zero attached hydrogens (tertiary/aromatic N) is 2. The molecule has 84 valence electrons. The minimum absolute atomic E-state index is 0.153. The summed E-state index contributed by atoms with van der Waals surface area (Å²) in [5.41, 5.74) is -0.153. The fourth-order valence-electron chi connectivity index (χ4n) is 1.29. The maximum absolute atomic E-state index is 11.0. The van der Waals surface area contributed by atoms with E-state index < -0.39 is 0 Å². The SMILES string of the molecule is CC(CNc1cc(=O)[nH]cn1)c1nccs1. The second-order valence-corrected chi connectivity index (χ2v) is 4.37. The molecule has 0 bridgehead atoms. The molecule has 0 aromatic carbocycles. The van der Waals surface area contributed by atoms with Crippen molar-refractivity contribution >= 4 is 17.2 Å². The molecular formula is C10H12N4OS. The van der Waals surface area contributed by atoms with Gasteiger partial charge in [0.2, 0.25) is 0 Å². The number of H-pyrrole nitrogens is 1. The van der Waals surface area contributed by atoms with Gasteiger partial charge in [-0.15, -0.1) is 11.3 Å². The Morgan fingerprint density at radius 1 is 1.56 bits per heavy atom. The Bertz CT molecular complexity index is 494. The van der Waals surface area contributed by atoms with Crippen molar-refractivity contribution in [2.45, 2.75) is 12.8 Å². The Balaban J connectivity index is 1.95. The number of hydrogen-bond acceptors (Lipinski definition) is 5. The van der Waals surface area contributed by atoms with Crippen molar-refractivity contribution in [3.8, 4) is 0 Å². The van der Waals surface area contributed by atoms with Gasteiger partial charge in [-0.1, -0.05) is 6.92 Å². The molecule has 1 atom stereocenters. The van der Waals surface area contributed by atoms with E-state index in [1.54, 1.807) is 17.5 Å². The van der Waals surface area contributed by atoms with E-state index in [0.717, 1.165) is 5.01 Å². The summed E-state index contributed by atoms with van der Waals surface area (Å²) < 4.78 is 0. The van der Waals surface area contributed by atoms with Crippen molar-refractivity contribution in [1.29, 1.82) is 0 Å². The molecule has 6 heteroatoms. The quantitative estimate of drug-likeness (QED) is 0.842. The number of aromatic nitrogens is 3. The summed E-state index contributed by atoms with van der Waals surface area (Å²) in [5.74, 6) is 0.897. The third kappa shape index (κ3) is 2.66. The van der Waals surface area contributed by atoms with E-state index in [-0.39, 0.29) is 5.56 Å². The standard InChI is InChI=1S/C10H12N4OS/c1-7(10-11-2-3-16-10)5-12-8-4-9(15)14-6-13-8/h2-4,6-7H,5H2,1H3,(H2,12,13,14,15). The lowest BCUT2D eigenvalue weighted by Crippen LogP contribution is -2.13. The summed E-state index contributed by atoms with van der Waals surface area (Å²) in [6, 6.07) is 1.44. The predicted molar refractivity (Wildman–Crippen MR) is 63.9 cm³/mol. The first-order chi connectivity index (χ1) is 7.75. The third-order valence-electron chi connectivity index (χ3n) is 2.14. The lowest BCUT2D eigenvalue weighted by atomic mass is 10.2. The Kier molecular flexibility index (Phi) is 3.31. The molecule has 2 rings (SSSR count). The van der Waals surface area contributed by atoms with E-state index >= 15 is 0 Å². The van der Waals surface area contributed by atoms with Crippen LogP contribution in [0, 0.1) is 0 Å². The van der Waals surface area contributed by atoms with Gasteiger partial charge in [0.05, 0.1) is 11.3 Å². The molecule has 2 N–H and O–H groups in total. The summed E-state index contributed by atoms with van der Waals surface area (Å²) in [6.45, 7) is 2.79. The van der Waals surface area contributed by atoms with Crippen molar-refractivity contribution in [3.05, 3.63) is 39.3 Å². The van der Waals surface area contributed by atoms with Gasteiger partial charge in [0.1, 0.15) is 5.82 Å². The number of hydrogen-bond donors (Lipinski definition) is 2. The fraction of sp³-hybridized carbons (Fsp3) is 0.300. The van der Waals surface area contributed by atoms with E-state index in [4.69, 9.17) is 0 Å². The molecule has 0 aliphatic rings. The molecule has 0 aliphatic carbocycles. The van der Waals surface area contributed by atoms with Crippen molar-refractivity contribution in [1.82, 2.24) is 15.0 Å². The number of nitrogens with one attached hydrogen (secondary N) is 2. The minimum Gasteiger partial charge on any atom is -0.369 e. The molecule has 5 nitrogen and oxygen atoms in total. The molecule has 2 aromatic heterocycles. The second-order valence-electron chi connectivity index (χ2n) is 3.45. The molecule has 1 unspecified atom stereocenters. The van der Waals surface area contributed by atoms with Gasteiger partial charge in [-0.25, -0.2) is 9.97 Å². The summed E-state index contributed by atoms with van der Waals surface area (Å²) in [7, 11) is 0. The van der Waals surface area contributed by atoms with Crippen molar-refractivity contribution in [3.63, 3.8) is 0 Å². The molecule has 0 radical (unpaired) electrons. The highest BCUT2D eigenvalue weighted by atomic mass is 32.1. The van der Waals surface area contributed by atoms with E-state index in [1.807, 2.05) is 5.38 Å². The van der Waals surface area contributed by atoms with Crippen LogP contribution in [0.4, 0.5) is 5.82 Å². The molecular weight excluding hydrogens is 224 g/mol. The molecule has 2 heterocycles. The van der Waals surface area contributed by atoms with Gasteiger partial charge < -0.3 is 10.3 Å². The maximum atomic E-state index is 11.0. The molecule has 0 saturated heterocycles.